The van der Waals surface area contributed by atoms with Crippen LogP contribution in [-0.4, -0.2) is 17.1 Å². The molecule has 0 bridgehead atoms. The fourth-order valence-corrected chi connectivity index (χ4v) is 2.17. The van der Waals surface area contributed by atoms with Crippen molar-refractivity contribution in [3.05, 3.63) is 46.0 Å². The molecule has 0 aromatic heterocycles. The number of methoxy groups -OCH3 is 1. The predicted molar refractivity (Wildman–Crippen MR) is 75.4 cm³/mol. The van der Waals surface area contributed by atoms with E-state index < -0.39 is 4.92 Å². The molecule has 2 aromatic carbocycles. The van der Waals surface area contributed by atoms with Crippen LogP contribution < -0.4 is 14.8 Å². The Morgan fingerprint density at radius 2 is 2.14 bits per heavy atom. The van der Waals surface area contributed by atoms with E-state index in [1.807, 2.05) is 0 Å². The van der Waals surface area contributed by atoms with Crippen molar-refractivity contribution in [2.45, 2.75) is 6.61 Å². The molecule has 0 unspecified atom stereocenters. The van der Waals surface area contributed by atoms with Crippen molar-refractivity contribution in [3.8, 4) is 17.2 Å². The summed E-state index contributed by atoms with van der Waals surface area (Å²) in [6, 6.07) is 7.69. The van der Waals surface area contributed by atoms with Gasteiger partial charge in [0.25, 0.3) is 5.69 Å². The Balaban J connectivity index is 2.07. The summed E-state index contributed by atoms with van der Waals surface area (Å²) in [5, 5.41) is 23.2. The minimum Gasteiger partial charge on any atom is -0.494 e. The molecule has 0 saturated carbocycles. The highest BCUT2D eigenvalue weighted by atomic mass is 16.6. The van der Waals surface area contributed by atoms with Crippen LogP contribution >= 0.6 is 0 Å². The first kappa shape index (κ1) is 13.2. The van der Waals surface area contributed by atoms with Gasteiger partial charge < -0.3 is 19.9 Å². The molecular formula is C14H12N2O5. The molecule has 0 saturated heterocycles. The van der Waals surface area contributed by atoms with Crippen molar-refractivity contribution in [2.24, 2.45) is 0 Å². The molecule has 3 rings (SSSR count). The summed E-state index contributed by atoms with van der Waals surface area (Å²) < 4.78 is 11.0. The predicted octanol–water partition coefficient (Wildman–Crippen LogP) is 2.95. The topological polar surface area (TPSA) is 93.9 Å². The Hall–Kier alpha value is -2.80. The number of benzene rings is 2. The van der Waals surface area contributed by atoms with Gasteiger partial charge in [-0.2, -0.15) is 0 Å². The van der Waals surface area contributed by atoms with Gasteiger partial charge in [0.15, 0.2) is 11.5 Å². The van der Waals surface area contributed by atoms with Crippen molar-refractivity contribution in [1.82, 2.24) is 0 Å². The van der Waals surface area contributed by atoms with E-state index in [9.17, 15) is 15.2 Å². The number of hydrogen-bond acceptors (Lipinski definition) is 6. The minimum atomic E-state index is -0.482. The maximum Gasteiger partial charge on any atom is 0.273 e. The molecule has 2 N–H and O–H groups in total. The van der Waals surface area contributed by atoms with Crippen LogP contribution in [0.4, 0.5) is 17.1 Å². The molecule has 7 heteroatoms. The Morgan fingerprint density at radius 3 is 2.81 bits per heavy atom. The van der Waals surface area contributed by atoms with Gasteiger partial charge in [-0.05, 0) is 23.8 Å². The molecule has 0 atom stereocenters. The van der Waals surface area contributed by atoms with Crippen LogP contribution in [0.25, 0.3) is 0 Å². The normalized spacial score (nSPS) is 11.7. The highest BCUT2D eigenvalue weighted by molar-refractivity contribution is 5.81. The number of nitrogens with one attached hydrogen (secondary N) is 1. The molecule has 1 heterocycles. The fourth-order valence-electron chi connectivity index (χ4n) is 2.17. The number of nitrogens with zero attached hydrogens (tertiary/aromatic N) is 1. The van der Waals surface area contributed by atoms with E-state index in [0.29, 0.717) is 34.2 Å². The molecule has 2 aromatic rings. The first-order valence-electron chi connectivity index (χ1n) is 6.17. The first-order valence-corrected chi connectivity index (χ1v) is 6.17. The lowest BCUT2D eigenvalue weighted by Crippen LogP contribution is -2.06. The van der Waals surface area contributed by atoms with Crippen LogP contribution in [0.5, 0.6) is 17.2 Å². The lowest BCUT2D eigenvalue weighted by molar-refractivity contribution is -0.384. The molecule has 0 radical (unpaired) electrons. The molecule has 0 aliphatic carbocycles. The summed E-state index contributed by atoms with van der Waals surface area (Å²) in [5.41, 5.74) is 1.81. The number of anilines is 2. The number of non-ortho nitro benzene ring substituents is 1. The number of nitro benzene ring substituents is 1. The van der Waals surface area contributed by atoms with E-state index in [0.717, 1.165) is 0 Å². The second-order valence-corrected chi connectivity index (χ2v) is 4.49. The van der Waals surface area contributed by atoms with E-state index >= 15 is 0 Å². The van der Waals surface area contributed by atoms with Crippen LogP contribution in [0.15, 0.2) is 30.3 Å². The standard InChI is InChI=1S/C14H12N2O5/c1-20-12-4-8(7-17)5-13-14(12)15-10-3-2-9(16(18)19)6-11(10)21-13/h2-6,15,17H,7H2,1H3. The molecule has 7 nitrogen and oxygen atoms in total. The van der Waals surface area contributed by atoms with Crippen LogP contribution in [0.3, 0.4) is 0 Å². The number of hydrogen-bond donors (Lipinski definition) is 2. The van der Waals surface area contributed by atoms with Crippen LogP contribution in [0.2, 0.25) is 0 Å². The number of aliphatic hydroxyl groups excluding tert-OH is 1. The Morgan fingerprint density at radius 1 is 1.33 bits per heavy atom. The fraction of sp³-hybridized carbons (Fsp3) is 0.143. The summed E-state index contributed by atoms with van der Waals surface area (Å²) in [7, 11) is 1.52. The quantitative estimate of drug-likeness (QED) is 0.568. The number of ether oxygens (including phenoxy) is 2. The molecule has 0 fully saturated rings. The van der Waals surface area contributed by atoms with Crippen molar-refractivity contribution in [3.63, 3.8) is 0 Å². The maximum absolute atomic E-state index is 10.8. The third kappa shape index (κ3) is 2.23. The molecule has 1 aliphatic heterocycles. The smallest absolute Gasteiger partial charge is 0.273 e. The minimum absolute atomic E-state index is 0.0516. The monoisotopic (exact) mass is 288 g/mol. The highest BCUT2D eigenvalue weighted by Crippen LogP contribution is 2.47. The zero-order chi connectivity index (χ0) is 15.0. The Labute approximate surface area is 119 Å². The van der Waals surface area contributed by atoms with Crippen molar-refractivity contribution in [1.29, 1.82) is 0 Å². The number of aliphatic hydroxyl groups is 1. The number of rotatable bonds is 3. The lowest BCUT2D eigenvalue weighted by atomic mass is 10.1. The Bertz CT molecular complexity index is 730. The summed E-state index contributed by atoms with van der Waals surface area (Å²) in [4.78, 5) is 10.3. The number of fused-ring (bicyclic) bond motifs is 2. The van der Waals surface area contributed by atoms with E-state index in [4.69, 9.17) is 9.47 Å². The van der Waals surface area contributed by atoms with E-state index in [-0.39, 0.29) is 12.3 Å². The Kier molecular flexibility index (Phi) is 3.11. The summed E-state index contributed by atoms with van der Waals surface area (Å²) in [6.45, 7) is -0.158. The largest absolute Gasteiger partial charge is 0.494 e. The zero-order valence-corrected chi connectivity index (χ0v) is 11.1. The van der Waals surface area contributed by atoms with Crippen LogP contribution in [0, 0.1) is 10.1 Å². The van der Waals surface area contributed by atoms with Crippen molar-refractivity contribution >= 4 is 17.1 Å². The van der Waals surface area contributed by atoms with E-state index in [2.05, 4.69) is 5.32 Å². The van der Waals surface area contributed by atoms with Gasteiger partial charge in [0.1, 0.15) is 11.4 Å². The maximum atomic E-state index is 10.8. The SMILES string of the molecule is COc1cc(CO)cc2c1Nc1ccc([N+](=O)[O-])cc1O2. The van der Waals surface area contributed by atoms with Crippen LogP contribution in [-0.2, 0) is 6.61 Å². The van der Waals surface area contributed by atoms with Gasteiger partial charge in [-0.3, -0.25) is 10.1 Å². The van der Waals surface area contributed by atoms with E-state index in [1.54, 1.807) is 18.2 Å². The number of nitro groups is 1. The van der Waals surface area contributed by atoms with Crippen molar-refractivity contribution < 1.29 is 19.5 Å². The summed E-state index contributed by atoms with van der Waals surface area (Å²) >= 11 is 0. The third-order valence-corrected chi connectivity index (χ3v) is 3.18. The van der Waals surface area contributed by atoms with Gasteiger partial charge >= 0.3 is 0 Å². The molecule has 0 spiro atoms. The van der Waals surface area contributed by atoms with Gasteiger partial charge in [-0.15, -0.1) is 0 Å². The third-order valence-electron chi connectivity index (χ3n) is 3.18. The molecule has 1 aliphatic rings. The summed E-state index contributed by atoms with van der Waals surface area (Å²) in [6.07, 6.45) is 0. The van der Waals surface area contributed by atoms with Gasteiger partial charge in [0, 0.05) is 6.07 Å². The average Bonchev–Trinajstić information content (AvgIpc) is 2.51. The lowest BCUT2D eigenvalue weighted by Gasteiger charge is -2.23. The van der Waals surface area contributed by atoms with Gasteiger partial charge in [0.2, 0.25) is 0 Å². The molecule has 108 valence electrons. The van der Waals surface area contributed by atoms with Crippen LogP contribution in [0.1, 0.15) is 5.56 Å². The van der Waals surface area contributed by atoms with Gasteiger partial charge in [-0.25, -0.2) is 0 Å². The highest BCUT2D eigenvalue weighted by Gasteiger charge is 2.23. The van der Waals surface area contributed by atoms with Gasteiger partial charge in [-0.1, -0.05) is 0 Å². The van der Waals surface area contributed by atoms with Crippen molar-refractivity contribution in [2.75, 3.05) is 12.4 Å². The zero-order valence-electron chi connectivity index (χ0n) is 11.1. The molecular weight excluding hydrogens is 276 g/mol. The second-order valence-electron chi connectivity index (χ2n) is 4.49. The van der Waals surface area contributed by atoms with Gasteiger partial charge in [0.05, 0.1) is 30.4 Å². The second kappa shape index (κ2) is 4.95. The first-order chi connectivity index (χ1) is 10.1. The average molecular weight is 288 g/mol. The summed E-state index contributed by atoms with van der Waals surface area (Å²) in [5.74, 6) is 1.33. The molecule has 21 heavy (non-hydrogen) atoms. The van der Waals surface area contributed by atoms with E-state index in [1.165, 1.54) is 19.2 Å². The molecule has 0 amide bonds.